The standard InChI is InChI=1S/C18H19FN4O3/c19-14-6-2-1-4-12(14)5-3-7-16(24)20-13-8-9-23(11-13)15-10-17(25)22-18(26)21-15/h1-6,10,13H,7-9,11H2,(H,20,24)(H2,21,22,25,26)/b5-3+/t13-/m1/s1. The third-order valence-corrected chi connectivity index (χ3v) is 4.15. The van der Waals surface area contributed by atoms with Crippen LogP contribution >= 0.6 is 0 Å². The summed E-state index contributed by atoms with van der Waals surface area (Å²) < 4.78 is 13.5. The van der Waals surface area contributed by atoms with Gasteiger partial charge in [0.15, 0.2) is 0 Å². The maximum Gasteiger partial charge on any atom is 0.327 e. The van der Waals surface area contributed by atoms with Gasteiger partial charge in [0.05, 0.1) is 0 Å². The summed E-state index contributed by atoms with van der Waals surface area (Å²) in [5.74, 6) is -0.0544. The molecule has 2 aromatic rings. The van der Waals surface area contributed by atoms with Crippen LogP contribution in [0.15, 0.2) is 46.0 Å². The van der Waals surface area contributed by atoms with Crippen LogP contribution in [0.3, 0.4) is 0 Å². The number of H-pyrrole nitrogens is 2. The van der Waals surface area contributed by atoms with Crippen LogP contribution in [0.4, 0.5) is 10.2 Å². The molecular weight excluding hydrogens is 339 g/mol. The molecule has 1 aliphatic rings. The quantitative estimate of drug-likeness (QED) is 0.743. The van der Waals surface area contributed by atoms with Crippen LogP contribution < -0.4 is 21.5 Å². The number of carbonyl (C=O) groups is 1. The summed E-state index contributed by atoms with van der Waals surface area (Å²) in [5.41, 5.74) is -0.585. The van der Waals surface area contributed by atoms with Gasteiger partial charge in [0, 0.05) is 37.2 Å². The van der Waals surface area contributed by atoms with Crippen molar-refractivity contribution in [1.29, 1.82) is 0 Å². The number of benzene rings is 1. The van der Waals surface area contributed by atoms with Gasteiger partial charge in [-0.2, -0.15) is 0 Å². The maximum absolute atomic E-state index is 13.5. The molecule has 3 rings (SSSR count). The third kappa shape index (κ3) is 4.47. The highest BCUT2D eigenvalue weighted by atomic mass is 19.1. The van der Waals surface area contributed by atoms with Gasteiger partial charge >= 0.3 is 5.69 Å². The van der Waals surface area contributed by atoms with E-state index in [9.17, 15) is 18.8 Å². The fraction of sp³-hybridized carbons (Fsp3) is 0.278. The minimum atomic E-state index is -0.557. The molecule has 0 bridgehead atoms. The minimum absolute atomic E-state index is 0.0767. The summed E-state index contributed by atoms with van der Waals surface area (Å²) in [6.07, 6.45) is 4.05. The first-order chi connectivity index (χ1) is 12.5. The second kappa shape index (κ2) is 7.81. The number of nitrogens with zero attached hydrogens (tertiary/aromatic N) is 1. The molecule has 0 saturated carbocycles. The zero-order valence-corrected chi connectivity index (χ0v) is 14.0. The average molecular weight is 358 g/mol. The van der Waals surface area contributed by atoms with E-state index in [4.69, 9.17) is 0 Å². The highest BCUT2D eigenvalue weighted by Gasteiger charge is 2.24. The van der Waals surface area contributed by atoms with Gasteiger partial charge in [-0.15, -0.1) is 0 Å². The fourth-order valence-electron chi connectivity index (χ4n) is 2.91. The molecule has 136 valence electrons. The van der Waals surface area contributed by atoms with Crippen molar-refractivity contribution in [2.75, 3.05) is 18.0 Å². The van der Waals surface area contributed by atoms with Gasteiger partial charge in [0.1, 0.15) is 11.6 Å². The highest BCUT2D eigenvalue weighted by molar-refractivity contribution is 5.79. The number of nitrogens with one attached hydrogen (secondary N) is 3. The van der Waals surface area contributed by atoms with Gasteiger partial charge in [-0.3, -0.25) is 19.6 Å². The van der Waals surface area contributed by atoms with Crippen LogP contribution in [-0.2, 0) is 4.79 Å². The molecule has 2 heterocycles. The van der Waals surface area contributed by atoms with E-state index in [0.29, 0.717) is 30.9 Å². The number of rotatable bonds is 5. The molecule has 1 fully saturated rings. The van der Waals surface area contributed by atoms with Gasteiger partial charge < -0.3 is 10.2 Å². The SMILES string of the molecule is O=C(C/C=C/c1ccccc1F)N[C@@H]1CCN(c2cc(=O)[nH]c(=O)[nH]2)C1. The first kappa shape index (κ1) is 17.7. The summed E-state index contributed by atoms with van der Waals surface area (Å²) in [4.78, 5) is 41.3. The van der Waals surface area contributed by atoms with E-state index in [-0.39, 0.29) is 24.2 Å². The van der Waals surface area contributed by atoms with E-state index in [1.54, 1.807) is 30.4 Å². The van der Waals surface area contributed by atoms with Gasteiger partial charge in [-0.05, 0) is 12.5 Å². The molecule has 3 N–H and O–H groups in total. The zero-order chi connectivity index (χ0) is 18.5. The van der Waals surface area contributed by atoms with E-state index >= 15 is 0 Å². The topological polar surface area (TPSA) is 98.1 Å². The molecule has 7 nitrogen and oxygen atoms in total. The molecule has 0 spiro atoms. The van der Waals surface area contributed by atoms with Crippen molar-refractivity contribution in [3.63, 3.8) is 0 Å². The molecule has 8 heteroatoms. The lowest BCUT2D eigenvalue weighted by Crippen LogP contribution is -2.37. The van der Waals surface area contributed by atoms with Crippen molar-refractivity contribution >= 4 is 17.8 Å². The monoisotopic (exact) mass is 358 g/mol. The van der Waals surface area contributed by atoms with Crippen molar-refractivity contribution in [3.8, 4) is 0 Å². The molecular formula is C18H19FN4O3. The van der Waals surface area contributed by atoms with Gasteiger partial charge in [-0.1, -0.05) is 30.4 Å². The van der Waals surface area contributed by atoms with Gasteiger partial charge in [-0.25, -0.2) is 9.18 Å². The average Bonchev–Trinajstić information content (AvgIpc) is 3.04. The molecule has 1 amide bonds. The third-order valence-electron chi connectivity index (χ3n) is 4.15. The lowest BCUT2D eigenvalue weighted by Gasteiger charge is -2.17. The molecule has 0 aliphatic carbocycles. The summed E-state index contributed by atoms with van der Waals surface area (Å²) in [7, 11) is 0. The molecule has 1 atom stereocenters. The number of halogens is 1. The van der Waals surface area contributed by atoms with Crippen LogP contribution in [0.1, 0.15) is 18.4 Å². The van der Waals surface area contributed by atoms with E-state index in [1.807, 2.05) is 4.90 Å². The number of hydrogen-bond acceptors (Lipinski definition) is 4. The number of carbonyl (C=O) groups excluding carboxylic acids is 1. The molecule has 26 heavy (non-hydrogen) atoms. The smallest absolute Gasteiger partial charge is 0.327 e. The number of aromatic amines is 2. The minimum Gasteiger partial charge on any atom is -0.356 e. The lowest BCUT2D eigenvalue weighted by atomic mass is 10.2. The molecule has 1 aliphatic heterocycles. The maximum atomic E-state index is 13.5. The fourth-order valence-corrected chi connectivity index (χ4v) is 2.91. The number of aromatic nitrogens is 2. The predicted molar refractivity (Wildman–Crippen MR) is 96.5 cm³/mol. The van der Waals surface area contributed by atoms with Gasteiger partial charge in [0.25, 0.3) is 5.56 Å². The van der Waals surface area contributed by atoms with Crippen molar-refractivity contribution in [2.45, 2.75) is 18.9 Å². The zero-order valence-electron chi connectivity index (χ0n) is 14.0. The van der Waals surface area contributed by atoms with E-state index < -0.39 is 11.2 Å². The van der Waals surface area contributed by atoms with Crippen LogP contribution in [0, 0.1) is 5.82 Å². The Morgan fingerprint density at radius 1 is 1.31 bits per heavy atom. The predicted octanol–water partition coefficient (Wildman–Crippen LogP) is 1.00. The highest BCUT2D eigenvalue weighted by Crippen LogP contribution is 2.15. The first-order valence-electron chi connectivity index (χ1n) is 8.30. The van der Waals surface area contributed by atoms with Crippen LogP contribution in [0.2, 0.25) is 0 Å². The van der Waals surface area contributed by atoms with Crippen molar-refractivity contribution in [3.05, 3.63) is 68.6 Å². The molecule has 1 aromatic heterocycles. The van der Waals surface area contributed by atoms with Crippen molar-refractivity contribution in [1.82, 2.24) is 15.3 Å². The molecule has 0 radical (unpaired) electrons. The summed E-state index contributed by atoms with van der Waals surface area (Å²) in [5, 5.41) is 2.91. The summed E-state index contributed by atoms with van der Waals surface area (Å²) in [6.45, 7) is 1.12. The Balaban J connectivity index is 1.52. The molecule has 0 unspecified atom stereocenters. The molecule has 1 aromatic carbocycles. The number of hydrogen-bond donors (Lipinski definition) is 3. The van der Waals surface area contributed by atoms with E-state index in [2.05, 4.69) is 15.3 Å². The van der Waals surface area contributed by atoms with Crippen molar-refractivity contribution < 1.29 is 9.18 Å². The Kier molecular flexibility index (Phi) is 5.31. The largest absolute Gasteiger partial charge is 0.356 e. The Labute approximate surface area is 148 Å². The van der Waals surface area contributed by atoms with Crippen LogP contribution in [-0.4, -0.2) is 35.0 Å². The van der Waals surface area contributed by atoms with Gasteiger partial charge in [0.2, 0.25) is 5.91 Å². The van der Waals surface area contributed by atoms with Crippen LogP contribution in [0.25, 0.3) is 6.08 Å². The Hall–Kier alpha value is -3.16. The Morgan fingerprint density at radius 3 is 2.88 bits per heavy atom. The second-order valence-electron chi connectivity index (χ2n) is 6.10. The number of amides is 1. The summed E-state index contributed by atoms with van der Waals surface area (Å²) >= 11 is 0. The summed E-state index contributed by atoms with van der Waals surface area (Å²) in [6, 6.07) is 7.59. The molecule has 1 saturated heterocycles. The Morgan fingerprint density at radius 2 is 2.12 bits per heavy atom. The van der Waals surface area contributed by atoms with E-state index in [1.165, 1.54) is 12.1 Å². The second-order valence-corrected chi connectivity index (χ2v) is 6.10. The normalized spacial score (nSPS) is 17.0. The Bertz CT molecular complexity index is 906. The van der Waals surface area contributed by atoms with E-state index in [0.717, 1.165) is 0 Å². The first-order valence-corrected chi connectivity index (χ1v) is 8.30. The van der Waals surface area contributed by atoms with Crippen molar-refractivity contribution in [2.24, 2.45) is 0 Å². The number of anilines is 1. The van der Waals surface area contributed by atoms with Crippen LogP contribution in [0.5, 0.6) is 0 Å². The lowest BCUT2D eigenvalue weighted by molar-refractivity contribution is -0.120.